The monoisotopic (exact) mass is 299 g/mol. The summed E-state index contributed by atoms with van der Waals surface area (Å²) in [5.74, 6) is 1.47. The maximum atomic E-state index is 6.36. The van der Waals surface area contributed by atoms with Crippen molar-refractivity contribution in [3.05, 3.63) is 22.7 Å². The van der Waals surface area contributed by atoms with Crippen molar-refractivity contribution in [2.45, 2.75) is 26.0 Å². The molecule has 1 aliphatic rings. The number of morpholine rings is 1. The van der Waals surface area contributed by atoms with Gasteiger partial charge < -0.3 is 14.2 Å². The highest BCUT2D eigenvalue weighted by Gasteiger charge is 2.28. The zero-order chi connectivity index (χ0) is 14.8. The topological polar surface area (TPSA) is 30.9 Å². The van der Waals surface area contributed by atoms with Gasteiger partial charge in [-0.05, 0) is 19.9 Å². The van der Waals surface area contributed by atoms with Gasteiger partial charge in [-0.25, -0.2) is 0 Å². The van der Waals surface area contributed by atoms with Gasteiger partial charge in [-0.3, -0.25) is 4.90 Å². The Morgan fingerprint density at radius 2 is 2.05 bits per heavy atom. The fraction of sp³-hybridized carbons (Fsp3) is 0.600. The van der Waals surface area contributed by atoms with Gasteiger partial charge in [0.25, 0.3) is 0 Å². The van der Waals surface area contributed by atoms with Gasteiger partial charge in [-0.1, -0.05) is 11.6 Å². The van der Waals surface area contributed by atoms with Crippen molar-refractivity contribution in [3.63, 3.8) is 0 Å². The number of benzene rings is 1. The standard InChI is InChI=1S/C15H22ClNO3/c1-15(2)10-17(5-6-20-15)9-12-13(16)7-11(18-3)8-14(12)19-4/h7-8H,5-6,9-10H2,1-4H3. The van der Waals surface area contributed by atoms with Crippen molar-refractivity contribution in [2.24, 2.45) is 0 Å². The van der Waals surface area contributed by atoms with E-state index in [9.17, 15) is 0 Å². The van der Waals surface area contributed by atoms with Crippen LogP contribution in [0.15, 0.2) is 12.1 Å². The van der Waals surface area contributed by atoms with Crippen molar-refractivity contribution in [3.8, 4) is 11.5 Å². The molecule has 20 heavy (non-hydrogen) atoms. The van der Waals surface area contributed by atoms with E-state index in [4.69, 9.17) is 25.8 Å². The largest absolute Gasteiger partial charge is 0.497 e. The molecule has 0 unspecified atom stereocenters. The van der Waals surface area contributed by atoms with Crippen LogP contribution in [-0.2, 0) is 11.3 Å². The molecule has 0 spiro atoms. The molecule has 0 bridgehead atoms. The molecule has 0 aromatic heterocycles. The van der Waals surface area contributed by atoms with Gasteiger partial charge in [0.15, 0.2) is 0 Å². The van der Waals surface area contributed by atoms with Crippen LogP contribution in [0.1, 0.15) is 19.4 Å². The quantitative estimate of drug-likeness (QED) is 0.855. The summed E-state index contributed by atoms with van der Waals surface area (Å²) in [4.78, 5) is 2.33. The van der Waals surface area contributed by atoms with Crippen LogP contribution in [0.4, 0.5) is 0 Å². The lowest BCUT2D eigenvalue weighted by Crippen LogP contribution is -2.47. The zero-order valence-electron chi connectivity index (χ0n) is 12.5. The molecule has 4 nitrogen and oxygen atoms in total. The molecule has 1 heterocycles. The molecular weight excluding hydrogens is 278 g/mol. The second-order valence-electron chi connectivity index (χ2n) is 5.61. The van der Waals surface area contributed by atoms with E-state index in [1.807, 2.05) is 12.1 Å². The summed E-state index contributed by atoms with van der Waals surface area (Å²) in [6, 6.07) is 3.69. The van der Waals surface area contributed by atoms with E-state index >= 15 is 0 Å². The first-order valence-electron chi connectivity index (χ1n) is 6.72. The van der Waals surface area contributed by atoms with Crippen molar-refractivity contribution >= 4 is 11.6 Å². The number of hydrogen-bond donors (Lipinski definition) is 0. The lowest BCUT2D eigenvalue weighted by Gasteiger charge is -2.38. The van der Waals surface area contributed by atoms with Gasteiger partial charge in [0, 0.05) is 31.3 Å². The summed E-state index contributed by atoms with van der Waals surface area (Å²) in [6.07, 6.45) is 0. The normalized spacial score (nSPS) is 18.9. The van der Waals surface area contributed by atoms with E-state index in [0.29, 0.717) is 10.8 Å². The SMILES string of the molecule is COc1cc(Cl)c(CN2CCOC(C)(C)C2)c(OC)c1. The van der Waals surface area contributed by atoms with Gasteiger partial charge in [-0.2, -0.15) is 0 Å². The highest BCUT2D eigenvalue weighted by atomic mass is 35.5. The highest BCUT2D eigenvalue weighted by Crippen LogP contribution is 2.33. The first-order chi connectivity index (χ1) is 9.45. The Labute approximate surface area is 125 Å². The minimum Gasteiger partial charge on any atom is -0.497 e. The third-order valence-corrected chi connectivity index (χ3v) is 3.81. The molecule has 1 saturated heterocycles. The van der Waals surface area contributed by atoms with Crippen LogP contribution in [0.5, 0.6) is 11.5 Å². The summed E-state index contributed by atoms with van der Waals surface area (Å²) in [7, 11) is 3.27. The molecule has 0 radical (unpaired) electrons. The molecule has 1 aromatic rings. The number of rotatable bonds is 4. The molecular formula is C15H22ClNO3. The van der Waals surface area contributed by atoms with Crippen molar-refractivity contribution < 1.29 is 14.2 Å². The third-order valence-electron chi connectivity index (χ3n) is 3.47. The Hall–Kier alpha value is -0.970. The number of methoxy groups -OCH3 is 2. The van der Waals surface area contributed by atoms with E-state index in [2.05, 4.69) is 18.7 Å². The van der Waals surface area contributed by atoms with Crippen LogP contribution in [0.2, 0.25) is 5.02 Å². The van der Waals surface area contributed by atoms with E-state index in [0.717, 1.165) is 37.6 Å². The molecule has 1 fully saturated rings. The number of ether oxygens (including phenoxy) is 3. The summed E-state index contributed by atoms with van der Waals surface area (Å²) in [5.41, 5.74) is 0.873. The van der Waals surface area contributed by atoms with Crippen LogP contribution in [0.25, 0.3) is 0 Å². The Morgan fingerprint density at radius 3 is 2.65 bits per heavy atom. The van der Waals surface area contributed by atoms with Crippen molar-refractivity contribution in [2.75, 3.05) is 33.9 Å². The van der Waals surface area contributed by atoms with E-state index in [-0.39, 0.29) is 5.60 Å². The first-order valence-corrected chi connectivity index (χ1v) is 7.09. The molecule has 1 aromatic carbocycles. The fourth-order valence-electron chi connectivity index (χ4n) is 2.51. The van der Waals surface area contributed by atoms with Crippen LogP contribution >= 0.6 is 11.6 Å². The summed E-state index contributed by atoms with van der Waals surface area (Å²) >= 11 is 6.36. The average Bonchev–Trinajstić information content (AvgIpc) is 2.39. The summed E-state index contributed by atoms with van der Waals surface area (Å²) in [5, 5.41) is 0.672. The highest BCUT2D eigenvalue weighted by molar-refractivity contribution is 6.31. The predicted molar refractivity (Wildman–Crippen MR) is 79.9 cm³/mol. The molecule has 2 rings (SSSR count). The minimum atomic E-state index is -0.121. The maximum Gasteiger partial charge on any atom is 0.128 e. The van der Waals surface area contributed by atoms with Crippen molar-refractivity contribution in [1.82, 2.24) is 4.90 Å². The fourth-order valence-corrected chi connectivity index (χ4v) is 2.77. The third kappa shape index (κ3) is 3.57. The second-order valence-corrected chi connectivity index (χ2v) is 6.02. The van der Waals surface area contributed by atoms with E-state index < -0.39 is 0 Å². The van der Waals surface area contributed by atoms with Gasteiger partial charge in [0.2, 0.25) is 0 Å². The molecule has 1 aliphatic heterocycles. The summed E-state index contributed by atoms with van der Waals surface area (Å²) in [6.45, 7) is 7.47. The number of halogens is 1. The van der Waals surface area contributed by atoms with Crippen LogP contribution in [0.3, 0.4) is 0 Å². The predicted octanol–water partition coefficient (Wildman–Crippen LogP) is 2.97. The second kappa shape index (κ2) is 6.20. The zero-order valence-corrected chi connectivity index (χ0v) is 13.3. The Bertz CT molecular complexity index is 476. The molecule has 0 N–H and O–H groups in total. The van der Waals surface area contributed by atoms with Gasteiger partial charge in [-0.15, -0.1) is 0 Å². The summed E-state index contributed by atoms with van der Waals surface area (Å²) < 4.78 is 16.4. The Balaban J connectivity index is 2.20. The van der Waals surface area contributed by atoms with Crippen LogP contribution < -0.4 is 9.47 Å². The van der Waals surface area contributed by atoms with Gasteiger partial charge >= 0.3 is 0 Å². The smallest absolute Gasteiger partial charge is 0.128 e. The lowest BCUT2D eigenvalue weighted by molar-refractivity contribution is -0.0883. The molecule has 112 valence electrons. The Morgan fingerprint density at radius 1 is 1.30 bits per heavy atom. The van der Waals surface area contributed by atoms with Gasteiger partial charge in [0.1, 0.15) is 11.5 Å². The van der Waals surface area contributed by atoms with E-state index in [1.165, 1.54) is 0 Å². The van der Waals surface area contributed by atoms with Crippen LogP contribution in [-0.4, -0.2) is 44.4 Å². The first kappa shape index (κ1) is 15.4. The minimum absolute atomic E-state index is 0.121. The molecule has 0 atom stereocenters. The average molecular weight is 300 g/mol. The van der Waals surface area contributed by atoms with Crippen LogP contribution in [0, 0.1) is 0 Å². The number of hydrogen-bond acceptors (Lipinski definition) is 4. The number of nitrogens with zero attached hydrogens (tertiary/aromatic N) is 1. The Kier molecular flexibility index (Phi) is 4.78. The maximum absolute atomic E-state index is 6.36. The molecule has 0 amide bonds. The van der Waals surface area contributed by atoms with Crippen molar-refractivity contribution in [1.29, 1.82) is 0 Å². The van der Waals surface area contributed by atoms with Gasteiger partial charge in [0.05, 0.1) is 31.5 Å². The molecule has 5 heteroatoms. The molecule has 0 saturated carbocycles. The molecule has 0 aliphatic carbocycles. The lowest BCUT2D eigenvalue weighted by atomic mass is 10.1. The van der Waals surface area contributed by atoms with E-state index in [1.54, 1.807) is 14.2 Å².